The van der Waals surface area contributed by atoms with Crippen molar-refractivity contribution < 1.29 is 24.5 Å². The van der Waals surface area contributed by atoms with E-state index in [2.05, 4.69) is 0 Å². The Kier molecular flexibility index (Phi) is 3.28. The van der Waals surface area contributed by atoms with Crippen molar-refractivity contribution >= 4 is 11.9 Å². The Morgan fingerprint density at radius 3 is 2.40 bits per heavy atom. The van der Waals surface area contributed by atoms with Crippen molar-refractivity contribution in [3.05, 3.63) is 29.3 Å². The molecule has 0 spiro atoms. The predicted octanol–water partition coefficient (Wildman–Crippen LogP) is 1.48. The zero-order valence-corrected chi connectivity index (χ0v) is 8.06. The minimum Gasteiger partial charge on any atom is -0.493 e. The van der Waals surface area contributed by atoms with Gasteiger partial charge in [-0.1, -0.05) is 0 Å². The van der Waals surface area contributed by atoms with E-state index in [9.17, 15) is 9.59 Å². The highest BCUT2D eigenvalue weighted by atomic mass is 16.5. The van der Waals surface area contributed by atoms with Crippen LogP contribution in [0.2, 0.25) is 0 Å². The van der Waals surface area contributed by atoms with Gasteiger partial charge in [0, 0.05) is 0 Å². The lowest BCUT2D eigenvalue weighted by Crippen LogP contribution is -2.05. The third-order valence-electron chi connectivity index (χ3n) is 1.76. The number of rotatable bonds is 4. The lowest BCUT2D eigenvalue weighted by atomic mass is 10.1. The summed E-state index contributed by atoms with van der Waals surface area (Å²) in [5.74, 6) is -2.20. The smallest absolute Gasteiger partial charge is 0.339 e. The fraction of sp³-hybridized carbons (Fsp3) is 0.200. The van der Waals surface area contributed by atoms with Gasteiger partial charge in [0.25, 0.3) is 0 Å². The molecule has 0 fully saturated rings. The molecule has 5 nitrogen and oxygen atoms in total. The summed E-state index contributed by atoms with van der Waals surface area (Å²) >= 11 is 0. The first-order valence-electron chi connectivity index (χ1n) is 4.29. The molecule has 1 rings (SSSR count). The van der Waals surface area contributed by atoms with Crippen molar-refractivity contribution in [2.24, 2.45) is 0 Å². The molecule has 0 aromatic heterocycles. The van der Waals surface area contributed by atoms with Crippen LogP contribution in [0.15, 0.2) is 18.2 Å². The average molecular weight is 210 g/mol. The van der Waals surface area contributed by atoms with Crippen LogP contribution in [-0.2, 0) is 0 Å². The highest BCUT2D eigenvalue weighted by Gasteiger charge is 2.14. The fourth-order valence-electron chi connectivity index (χ4n) is 1.11. The molecule has 0 saturated heterocycles. The van der Waals surface area contributed by atoms with Crippen LogP contribution in [-0.4, -0.2) is 28.8 Å². The minimum absolute atomic E-state index is 0.0733. The van der Waals surface area contributed by atoms with Crippen LogP contribution in [0.3, 0.4) is 0 Å². The van der Waals surface area contributed by atoms with E-state index < -0.39 is 11.9 Å². The molecule has 0 atom stereocenters. The summed E-state index contributed by atoms with van der Waals surface area (Å²) in [4.78, 5) is 21.4. The monoisotopic (exact) mass is 210 g/mol. The highest BCUT2D eigenvalue weighted by molar-refractivity contribution is 5.95. The van der Waals surface area contributed by atoms with Crippen molar-refractivity contribution in [2.75, 3.05) is 6.61 Å². The van der Waals surface area contributed by atoms with Crippen molar-refractivity contribution in [1.29, 1.82) is 0 Å². The third kappa shape index (κ3) is 2.46. The van der Waals surface area contributed by atoms with E-state index in [1.807, 2.05) is 0 Å². The molecule has 2 N–H and O–H groups in total. The molecule has 1 aromatic carbocycles. The molecule has 0 bridgehead atoms. The largest absolute Gasteiger partial charge is 0.493 e. The van der Waals surface area contributed by atoms with Gasteiger partial charge in [-0.3, -0.25) is 0 Å². The Hall–Kier alpha value is -2.04. The standard InChI is InChI=1S/C10H10O5/c1-2-15-8-4-3-6(9(11)12)5-7(8)10(13)14/h3-5H,2H2,1H3,(H,11,12)(H,13,14). The number of carboxylic acids is 2. The molecule has 0 unspecified atom stereocenters. The Balaban J connectivity index is 3.20. The molecular formula is C10H10O5. The molecule has 0 heterocycles. The van der Waals surface area contributed by atoms with E-state index in [1.54, 1.807) is 6.92 Å². The van der Waals surface area contributed by atoms with Crippen LogP contribution in [0.4, 0.5) is 0 Å². The Morgan fingerprint density at radius 2 is 1.93 bits per heavy atom. The van der Waals surface area contributed by atoms with E-state index in [0.717, 1.165) is 6.07 Å². The second-order valence-corrected chi connectivity index (χ2v) is 2.75. The van der Waals surface area contributed by atoms with Crippen molar-refractivity contribution in [3.8, 4) is 5.75 Å². The maximum Gasteiger partial charge on any atom is 0.339 e. The van der Waals surface area contributed by atoms with E-state index in [0.29, 0.717) is 6.61 Å². The maximum atomic E-state index is 10.8. The first kappa shape index (κ1) is 11.0. The average Bonchev–Trinajstić information content (AvgIpc) is 2.18. The fourth-order valence-corrected chi connectivity index (χ4v) is 1.11. The van der Waals surface area contributed by atoms with Gasteiger partial charge >= 0.3 is 11.9 Å². The first-order valence-corrected chi connectivity index (χ1v) is 4.29. The van der Waals surface area contributed by atoms with Gasteiger partial charge in [-0.2, -0.15) is 0 Å². The summed E-state index contributed by atoms with van der Waals surface area (Å²) in [7, 11) is 0. The summed E-state index contributed by atoms with van der Waals surface area (Å²) in [5, 5.41) is 17.5. The van der Waals surface area contributed by atoms with E-state index in [1.165, 1.54) is 12.1 Å². The number of benzene rings is 1. The van der Waals surface area contributed by atoms with Crippen LogP contribution >= 0.6 is 0 Å². The van der Waals surface area contributed by atoms with Gasteiger partial charge < -0.3 is 14.9 Å². The SMILES string of the molecule is CCOc1ccc(C(=O)O)cc1C(=O)O. The summed E-state index contributed by atoms with van der Waals surface area (Å²) < 4.78 is 5.06. The van der Waals surface area contributed by atoms with E-state index >= 15 is 0 Å². The number of hydrogen-bond acceptors (Lipinski definition) is 3. The Bertz CT molecular complexity index is 397. The predicted molar refractivity (Wildman–Crippen MR) is 51.5 cm³/mol. The summed E-state index contributed by atoms with van der Waals surface area (Å²) in [5.41, 5.74) is -0.215. The molecule has 0 aliphatic heterocycles. The van der Waals surface area contributed by atoms with Crippen LogP contribution in [0.5, 0.6) is 5.75 Å². The van der Waals surface area contributed by atoms with Crippen LogP contribution in [0.1, 0.15) is 27.6 Å². The molecule has 1 aromatic rings. The third-order valence-corrected chi connectivity index (χ3v) is 1.76. The number of carbonyl (C=O) groups is 2. The number of carboxylic acid groups (broad SMARTS) is 2. The van der Waals surface area contributed by atoms with Crippen molar-refractivity contribution in [3.63, 3.8) is 0 Å². The maximum absolute atomic E-state index is 10.8. The molecule has 0 aliphatic rings. The Morgan fingerprint density at radius 1 is 1.27 bits per heavy atom. The summed E-state index contributed by atoms with van der Waals surface area (Å²) in [6.07, 6.45) is 0. The van der Waals surface area contributed by atoms with Gasteiger partial charge in [0.05, 0.1) is 12.2 Å². The second-order valence-electron chi connectivity index (χ2n) is 2.75. The van der Waals surface area contributed by atoms with Gasteiger partial charge in [-0.05, 0) is 25.1 Å². The van der Waals surface area contributed by atoms with Gasteiger partial charge in [-0.15, -0.1) is 0 Å². The number of aromatic carboxylic acids is 2. The molecule has 0 radical (unpaired) electrons. The molecule has 0 aliphatic carbocycles. The quantitative estimate of drug-likeness (QED) is 0.786. The first-order chi connectivity index (χ1) is 7.06. The molecule has 80 valence electrons. The highest BCUT2D eigenvalue weighted by Crippen LogP contribution is 2.20. The van der Waals surface area contributed by atoms with Gasteiger partial charge in [0.1, 0.15) is 11.3 Å². The normalized spacial score (nSPS) is 9.67. The van der Waals surface area contributed by atoms with Crippen LogP contribution in [0.25, 0.3) is 0 Å². The molecule has 15 heavy (non-hydrogen) atoms. The molecule has 5 heteroatoms. The van der Waals surface area contributed by atoms with Crippen molar-refractivity contribution in [2.45, 2.75) is 6.92 Å². The van der Waals surface area contributed by atoms with Gasteiger partial charge in [0.2, 0.25) is 0 Å². The summed E-state index contributed by atoms with van der Waals surface area (Å²) in [6.45, 7) is 2.05. The van der Waals surface area contributed by atoms with E-state index in [4.69, 9.17) is 14.9 Å². The molecule has 0 saturated carbocycles. The van der Waals surface area contributed by atoms with Crippen LogP contribution in [0, 0.1) is 0 Å². The lowest BCUT2D eigenvalue weighted by molar-refractivity contribution is 0.0692. The van der Waals surface area contributed by atoms with E-state index in [-0.39, 0.29) is 16.9 Å². The van der Waals surface area contributed by atoms with Gasteiger partial charge in [-0.25, -0.2) is 9.59 Å². The number of ether oxygens (including phenoxy) is 1. The van der Waals surface area contributed by atoms with Crippen molar-refractivity contribution in [1.82, 2.24) is 0 Å². The Labute approximate surface area is 85.9 Å². The summed E-state index contributed by atoms with van der Waals surface area (Å²) in [6, 6.07) is 3.73. The zero-order valence-electron chi connectivity index (χ0n) is 8.06. The zero-order chi connectivity index (χ0) is 11.4. The molecular weight excluding hydrogens is 200 g/mol. The molecule has 0 amide bonds. The topological polar surface area (TPSA) is 83.8 Å². The number of hydrogen-bond donors (Lipinski definition) is 2. The second kappa shape index (κ2) is 4.45. The minimum atomic E-state index is -1.21. The van der Waals surface area contributed by atoms with Gasteiger partial charge in [0.15, 0.2) is 0 Å². The van der Waals surface area contributed by atoms with Crippen LogP contribution < -0.4 is 4.74 Å². The lowest BCUT2D eigenvalue weighted by Gasteiger charge is -2.07.